The monoisotopic (exact) mass is 736 g/mol. The molecule has 0 bridgehead atoms. The lowest BCUT2D eigenvalue weighted by Crippen LogP contribution is -2.61. The van der Waals surface area contributed by atoms with Crippen molar-refractivity contribution in [2.24, 2.45) is 10.8 Å². The number of amides is 4. The summed E-state index contributed by atoms with van der Waals surface area (Å²) in [5.41, 5.74) is 3.70. The van der Waals surface area contributed by atoms with Crippen molar-refractivity contribution in [1.82, 2.24) is 31.4 Å². The van der Waals surface area contributed by atoms with Crippen molar-refractivity contribution in [2.45, 2.75) is 64.9 Å². The minimum Gasteiger partial charge on any atom is -0.453 e. The second-order valence-corrected chi connectivity index (χ2v) is 14.1. The molecule has 3 aromatic rings. The number of benzene rings is 2. The topological polar surface area (TPSA) is 212 Å². The Bertz CT molecular complexity index is 1620. The molecule has 0 saturated carbocycles. The maximum Gasteiger partial charge on any atom is 0.407 e. The van der Waals surface area contributed by atoms with Crippen LogP contribution < -0.4 is 21.4 Å². The maximum atomic E-state index is 13.9. The van der Waals surface area contributed by atoms with E-state index in [2.05, 4.69) is 26.4 Å². The van der Waals surface area contributed by atoms with Crippen LogP contribution in [0.1, 0.15) is 38.8 Å². The van der Waals surface area contributed by atoms with Crippen LogP contribution in [0, 0.1) is 10.8 Å². The van der Waals surface area contributed by atoms with Gasteiger partial charge in [-0.2, -0.15) is 0 Å². The van der Waals surface area contributed by atoms with Gasteiger partial charge in [0.25, 0.3) is 5.91 Å². The van der Waals surface area contributed by atoms with Gasteiger partial charge in [0.1, 0.15) is 12.1 Å². The zero-order valence-electron chi connectivity index (χ0n) is 31.0. The summed E-state index contributed by atoms with van der Waals surface area (Å²) in [5, 5.41) is 41.3. The molecule has 0 fully saturated rings. The number of nitrogens with zero attached hydrogens (tertiary/aromatic N) is 2. The molecule has 7 N–H and O–H groups in total. The molecule has 53 heavy (non-hydrogen) atoms. The second-order valence-electron chi connectivity index (χ2n) is 14.1. The van der Waals surface area contributed by atoms with E-state index in [-0.39, 0.29) is 19.5 Å². The van der Waals surface area contributed by atoms with E-state index in [1.54, 1.807) is 33.9 Å². The maximum absolute atomic E-state index is 13.9. The number of hydrazine groups is 1. The van der Waals surface area contributed by atoms with Gasteiger partial charge in [-0.25, -0.2) is 14.6 Å². The quantitative estimate of drug-likeness (QED) is 0.0941. The molecule has 4 atom stereocenters. The van der Waals surface area contributed by atoms with E-state index in [1.165, 1.54) is 5.01 Å². The van der Waals surface area contributed by atoms with Crippen LogP contribution in [0.25, 0.3) is 11.3 Å². The number of hydrogen-bond acceptors (Lipinski definition) is 11. The molecule has 15 nitrogen and oxygen atoms in total. The predicted octanol–water partition coefficient (Wildman–Crippen LogP) is 2.16. The second kappa shape index (κ2) is 19.7. The van der Waals surface area contributed by atoms with Gasteiger partial charge in [-0.05, 0) is 29.7 Å². The third-order valence-electron chi connectivity index (χ3n) is 8.85. The van der Waals surface area contributed by atoms with Crippen LogP contribution in [-0.2, 0) is 32.0 Å². The van der Waals surface area contributed by atoms with Gasteiger partial charge < -0.3 is 40.7 Å². The number of aliphatic hydroxyl groups excluding tert-OH is 3. The summed E-state index contributed by atoms with van der Waals surface area (Å²) in [5.74, 6) is -1.37. The summed E-state index contributed by atoms with van der Waals surface area (Å²) in [4.78, 5) is 56.5. The number of hydrogen-bond donors (Lipinski definition) is 7. The van der Waals surface area contributed by atoms with Gasteiger partial charge in [-0.1, -0.05) is 88.4 Å². The molecule has 15 heteroatoms. The molecule has 288 valence electrons. The summed E-state index contributed by atoms with van der Waals surface area (Å²) in [7, 11) is 2.31. The summed E-state index contributed by atoms with van der Waals surface area (Å²) < 4.78 is 9.45. The first-order valence-electron chi connectivity index (χ1n) is 17.1. The number of aliphatic hydroxyl groups is 3. The first-order valence-corrected chi connectivity index (χ1v) is 17.1. The lowest BCUT2D eigenvalue weighted by molar-refractivity contribution is -0.133. The van der Waals surface area contributed by atoms with E-state index in [0.29, 0.717) is 0 Å². The zero-order chi connectivity index (χ0) is 39.2. The van der Waals surface area contributed by atoms with Crippen molar-refractivity contribution in [3.63, 3.8) is 0 Å². The highest BCUT2D eigenvalue weighted by molar-refractivity contribution is 5.87. The minimum absolute atomic E-state index is 0.0753. The highest BCUT2D eigenvalue weighted by Gasteiger charge is 2.40. The fraction of sp³-hybridized carbons (Fsp3) is 0.447. The Morgan fingerprint density at radius 1 is 0.736 bits per heavy atom. The van der Waals surface area contributed by atoms with Crippen molar-refractivity contribution in [1.29, 1.82) is 0 Å². The van der Waals surface area contributed by atoms with Crippen LogP contribution in [0.5, 0.6) is 0 Å². The SMILES string of the molecule is COC(=O)N[C@H](C(=O)N[C@@H](Cc1ccccc1)[C@@H](O)CN(Cc1ccc(-c2ccccn2)cc1)NC(=O)[C@@H](NC(=O)OC)C(C)(C)CO)C(C)(C)CO. The molecule has 4 amide bonds. The molecular weight excluding hydrogens is 684 g/mol. The van der Waals surface area contributed by atoms with Crippen molar-refractivity contribution in [2.75, 3.05) is 34.0 Å². The average molecular weight is 737 g/mol. The zero-order valence-corrected chi connectivity index (χ0v) is 31.0. The summed E-state index contributed by atoms with van der Waals surface area (Å²) in [6, 6.07) is 18.7. The molecule has 0 aliphatic carbocycles. The Hall–Kier alpha value is -5.09. The van der Waals surface area contributed by atoms with Crippen molar-refractivity contribution in [3.05, 3.63) is 90.1 Å². The van der Waals surface area contributed by atoms with Crippen molar-refractivity contribution < 1.29 is 44.0 Å². The van der Waals surface area contributed by atoms with E-state index >= 15 is 0 Å². The van der Waals surface area contributed by atoms with Gasteiger partial charge in [-0.15, -0.1) is 0 Å². The number of carbonyl (C=O) groups is 4. The predicted molar refractivity (Wildman–Crippen MR) is 197 cm³/mol. The Morgan fingerprint density at radius 3 is 1.79 bits per heavy atom. The molecule has 3 rings (SSSR count). The van der Waals surface area contributed by atoms with Crippen LogP contribution in [-0.4, -0.2) is 108 Å². The Kier molecular flexibility index (Phi) is 15.7. The van der Waals surface area contributed by atoms with Crippen LogP contribution in [0.3, 0.4) is 0 Å². The molecular formula is C38H52N6O9. The number of aromatic nitrogens is 1. The average Bonchev–Trinajstić information content (AvgIpc) is 3.16. The van der Waals surface area contributed by atoms with Gasteiger partial charge in [0, 0.05) is 35.7 Å². The normalized spacial score (nSPS) is 13.9. The standard InChI is InChI=1S/C38H52N6O9/c1-37(2,23-45)31(41-35(50)52-5)33(48)40-29(20-25-12-8-7-9-13-25)30(47)22-44(43-34(49)32(38(3,4)24-46)42-36(51)53-6)21-26-15-17-27(18-16-26)28-14-10-11-19-39-28/h7-19,29-32,45-47H,20-24H2,1-6H3,(H,40,48)(H,41,50)(H,42,51)(H,43,49)/t29-,30-,31+,32+/m0/s1. The molecule has 1 aromatic heterocycles. The minimum atomic E-state index is -1.33. The van der Waals surface area contributed by atoms with E-state index < -0.39 is 72.3 Å². The van der Waals surface area contributed by atoms with Gasteiger partial charge in [-0.3, -0.25) is 20.0 Å². The first kappa shape index (κ1) is 42.3. The molecule has 0 aliphatic rings. The number of methoxy groups -OCH3 is 2. The number of alkyl carbamates (subject to hydrolysis) is 2. The molecule has 1 heterocycles. The fourth-order valence-electron chi connectivity index (χ4n) is 5.44. The number of rotatable bonds is 18. The third kappa shape index (κ3) is 12.5. The van der Waals surface area contributed by atoms with E-state index in [9.17, 15) is 34.5 Å². The van der Waals surface area contributed by atoms with E-state index in [1.807, 2.05) is 72.8 Å². The highest BCUT2D eigenvalue weighted by Crippen LogP contribution is 2.23. The van der Waals surface area contributed by atoms with Crippen molar-refractivity contribution >= 4 is 24.0 Å². The number of nitrogens with one attached hydrogen (secondary N) is 4. The van der Waals surface area contributed by atoms with Crippen molar-refractivity contribution in [3.8, 4) is 11.3 Å². The first-order chi connectivity index (χ1) is 25.1. The summed E-state index contributed by atoms with van der Waals surface area (Å²) in [6.07, 6.45) is -1.24. The van der Waals surface area contributed by atoms with Gasteiger partial charge >= 0.3 is 12.2 Å². The molecule has 0 aliphatic heterocycles. The Morgan fingerprint density at radius 2 is 1.28 bits per heavy atom. The van der Waals surface area contributed by atoms with Gasteiger partial charge in [0.2, 0.25) is 5.91 Å². The summed E-state index contributed by atoms with van der Waals surface area (Å²) in [6.45, 7) is 5.33. The lowest BCUT2D eigenvalue weighted by atomic mass is 9.84. The van der Waals surface area contributed by atoms with Crippen LogP contribution >= 0.6 is 0 Å². The molecule has 0 spiro atoms. The van der Waals surface area contributed by atoms with E-state index in [0.717, 1.165) is 36.6 Å². The van der Waals surface area contributed by atoms with Crippen LogP contribution in [0.15, 0.2) is 79.0 Å². The molecule has 0 unspecified atom stereocenters. The van der Waals surface area contributed by atoms with Gasteiger partial charge in [0.15, 0.2) is 0 Å². The molecule has 2 aromatic carbocycles. The smallest absolute Gasteiger partial charge is 0.407 e. The Balaban J connectivity index is 1.99. The van der Waals surface area contributed by atoms with Crippen LogP contribution in [0.4, 0.5) is 9.59 Å². The number of carbonyl (C=O) groups excluding carboxylic acids is 4. The largest absolute Gasteiger partial charge is 0.453 e. The molecule has 0 radical (unpaired) electrons. The Labute approximate surface area is 310 Å². The third-order valence-corrected chi connectivity index (χ3v) is 8.85. The molecule has 0 saturated heterocycles. The number of pyridine rings is 1. The fourth-order valence-corrected chi connectivity index (χ4v) is 5.44. The van der Waals surface area contributed by atoms with E-state index in [4.69, 9.17) is 9.47 Å². The lowest BCUT2D eigenvalue weighted by Gasteiger charge is -2.36. The summed E-state index contributed by atoms with van der Waals surface area (Å²) >= 11 is 0. The van der Waals surface area contributed by atoms with Gasteiger partial charge in [0.05, 0.1) is 45.3 Å². The highest BCUT2D eigenvalue weighted by atomic mass is 16.5. The van der Waals surface area contributed by atoms with Crippen LogP contribution in [0.2, 0.25) is 0 Å². The number of ether oxygens (including phenoxy) is 2.